The molecular weight excluding hydrogens is 214 g/mol. The highest BCUT2D eigenvalue weighted by Gasteiger charge is 2.06. The molecule has 14 heavy (non-hydrogen) atoms. The highest BCUT2D eigenvalue weighted by Crippen LogP contribution is 2.28. The molecule has 3 nitrogen and oxygen atoms in total. The lowest BCUT2D eigenvalue weighted by molar-refractivity contribution is 0.687. The highest BCUT2D eigenvalue weighted by atomic mass is 32.2. The van der Waals surface area contributed by atoms with Crippen LogP contribution in [0.2, 0.25) is 0 Å². The minimum absolute atomic E-state index is 0.570. The molecule has 0 fully saturated rings. The lowest BCUT2D eigenvalue weighted by Gasteiger charge is -2.03. The first-order valence-electron chi connectivity index (χ1n) is 4.82. The molecule has 0 atom stereocenters. The Morgan fingerprint density at radius 2 is 2.00 bits per heavy atom. The molecule has 80 valence electrons. The zero-order chi connectivity index (χ0) is 10.6. The Morgan fingerprint density at radius 1 is 1.29 bits per heavy atom. The Hall–Kier alpha value is -0.290. The fourth-order valence-corrected chi connectivity index (χ4v) is 2.80. The predicted molar refractivity (Wildman–Crippen MR) is 64.2 cm³/mol. The lowest BCUT2D eigenvalue weighted by Crippen LogP contribution is -2.07. The lowest BCUT2D eigenvalue weighted by atomic mass is 10.2. The second kappa shape index (κ2) is 5.56. The summed E-state index contributed by atoms with van der Waals surface area (Å²) in [4.78, 5) is 0. The largest absolute Gasteiger partial charge is 0.360 e. The molecule has 1 aromatic heterocycles. The van der Waals surface area contributed by atoms with Gasteiger partial charge >= 0.3 is 0 Å². The smallest absolute Gasteiger partial charge is 0.206 e. The Morgan fingerprint density at radius 3 is 2.57 bits per heavy atom. The third-order valence-corrected chi connectivity index (χ3v) is 3.37. The molecule has 1 rings (SSSR count). The molecule has 0 bridgehead atoms. The van der Waals surface area contributed by atoms with Crippen molar-refractivity contribution in [3.05, 3.63) is 0 Å². The number of hydrogen-bond donors (Lipinski definition) is 1. The number of hydrogen-bond acceptors (Lipinski definition) is 5. The molecule has 5 heteroatoms. The van der Waals surface area contributed by atoms with Crippen LogP contribution in [0.4, 0.5) is 5.13 Å². The third kappa shape index (κ3) is 4.28. The summed E-state index contributed by atoms with van der Waals surface area (Å²) in [5.74, 6) is 0.639. The Kier molecular flexibility index (Phi) is 4.68. The van der Waals surface area contributed by atoms with Crippen LogP contribution in [0.1, 0.15) is 27.7 Å². The van der Waals surface area contributed by atoms with Crippen molar-refractivity contribution in [1.29, 1.82) is 0 Å². The zero-order valence-electron chi connectivity index (χ0n) is 9.07. The normalized spacial score (nSPS) is 11.3. The molecule has 0 unspecified atom stereocenters. The van der Waals surface area contributed by atoms with Gasteiger partial charge in [0.25, 0.3) is 0 Å². The van der Waals surface area contributed by atoms with Gasteiger partial charge in [-0.15, -0.1) is 10.2 Å². The predicted octanol–water partition coefficient (Wildman–Crippen LogP) is 3.11. The number of nitrogens with one attached hydrogen (secondary N) is 1. The SMILES string of the molecule is CC(C)CNc1nnc(SC(C)C)s1. The van der Waals surface area contributed by atoms with Crippen molar-refractivity contribution in [2.75, 3.05) is 11.9 Å². The maximum absolute atomic E-state index is 4.10. The van der Waals surface area contributed by atoms with Gasteiger partial charge < -0.3 is 5.32 Å². The van der Waals surface area contributed by atoms with Crippen LogP contribution in [0, 0.1) is 5.92 Å². The zero-order valence-corrected chi connectivity index (χ0v) is 10.7. The summed E-state index contributed by atoms with van der Waals surface area (Å²) < 4.78 is 1.05. The molecule has 1 heterocycles. The molecule has 0 aliphatic carbocycles. The summed E-state index contributed by atoms with van der Waals surface area (Å²) in [6, 6.07) is 0. The molecule has 0 saturated heterocycles. The summed E-state index contributed by atoms with van der Waals surface area (Å²) in [5.41, 5.74) is 0. The summed E-state index contributed by atoms with van der Waals surface area (Å²) in [5, 5.41) is 13.0. The summed E-state index contributed by atoms with van der Waals surface area (Å²) >= 11 is 3.39. The van der Waals surface area contributed by atoms with Gasteiger partial charge in [0, 0.05) is 11.8 Å². The van der Waals surface area contributed by atoms with Gasteiger partial charge in [0.2, 0.25) is 5.13 Å². The molecule has 1 aromatic rings. The third-order valence-electron chi connectivity index (χ3n) is 1.40. The molecule has 0 spiro atoms. The van der Waals surface area contributed by atoms with Crippen molar-refractivity contribution in [3.63, 3.8) is 0 Å². The van der Waals surface area contributed by atoms with E-state index in [4.69, 9.17) is 0 Å². The van der Waals surface area contributed by atoms with Gasteiger partial charge in [-0.3, -0.25) is 0 Å². The van der Waals surface area contributed by atoms with E-state index in [1.807, 2.05) is 0 Å². The molecule has 0 radical (unpaired) electrons. The van der Waals surface area contributed by atoms with Gasteiger partial charge in [0.1, 0.15) is 0 Å². The van der Waals surface area contributed by atoms with E-state index in [1.54, 1.807) is 23.1 Å². The minimum atomic E-state index is 0.570. The Bertz CT molecular complexity index is 271. The Labute approximate surface area is 93.7 Å². The average molecular weight is 231 g/mol. The first-order valence-corrected chi connectivity index (χ1v) is 6.51. The first-order chi connectivity index (χ1) is 6.58. The van der Waals surface area contributed by atoms with Crippen LogP contribution in [0.3, 0.4) is 0 Å². The van der Waals surface area contributed by atoms with Gasteiger partial charge in [-0.2, -0.15) is 0 Å². The van der Waals surface area contributed by atoms with E-state index in [9.17, 15) is 0 Å². The van der Waals surface area contributed by atoms with E-state index in [1.165, 1.54) is 0 Å². The van der Waals surface area contributed by atoms with Gasteiger partial charge in [0.15, 0.2) is 4.34 Å². The standard InChI is InChI=1S/C9H17N3S2/c1-6(2)5-10-8-11-12-9(14-8)13-7(3)4/h6-7H,5H2,1-4H3,(H,10,11). The van der Waals surface area contributed by atoms with Gasteiger partial charge in [0.05, 0.1) is 0 Å². The maximum Gasteiger partial charge on any atom is 0.206 e. The number of thioether (sulfide) groups is 1. The van der Waals surface area contributed by atoms with Crippen molar-refractivity contribution in [2.24, 2.45) is 5.92 Å². The second-order valence-electron chi connectivity index (χ2n) is 3.81. The van der Waals surface area contributed by atoms with E-state index in [-0.39, 0.29) is 0 Å². The monoisotopic (exact) mass is 231 g/mol. The number of rotatable bonds is 5. The van der Waals surface area contributed by atoms with E-state index in [0.717, 1.165) is 16.0 Å². The van der Waals surface area contributed by atoms with Crippen molar-refractivity contribution in [2.45, 2.75) is 37.3 Å². The van der Waals surface area contributed by atoms with Gasteiger partial charge in [-0.25, -0.2) is 0 Å². The fraction of sp³-hybridized carbons (Fsp3) is 0.778. The Balaban J connectivity index is 2.42. The van der Waals surface area contributed by atoms with Gasteiger partial charge in [-0.1, -0.05) is 50.8 Å². The highest BCUT2D eigenvalue weighted by molar-refractivity contribution is 8.01. The molecule has 1 N–H and O–H groups in total. The van der Waals surface area contributed by atoms with Crippen LogP contribution in [-0.2, 0) is 0 Å². The first kappa shape index (κ1) is 11.8. The van der Waals surface area contributed by atoms with Crippen LogP contribution in [0.25, 0.3) is 0 Å². The summed E-state index contributed by atoms with van der Waals surface area (Å²) in [6.07, 6.45) is 0. The molecule has 0 aromatic carbocycles. The van der Waals surface area contributed by atoms with Crippen molar-refractivity contribution >= 4 is 28.2 Å². The van der Waals surface area contributed by atoms with Crippen molar-refractivity contribution < 1.29 is 0 Å². The quantitative estimate of drug-likeness (QED) is 0.790. The average Bonchev–Trinajstić information content (AvgIpc) is 2.47. The maximum atomic E-state index is 4.10. The number of aromatic nitrogens is 2. The van der Waals surface area contributed by atoms with E-state index >= 15 is 0 Å². The van der Waals surface area contributed by atoms with E-state index in [2.05, 4.69) is 43.2 Å². The van der Waals surface area contributed by atoms with E-state index in [0.29, 0.717) is 11.2 Å². The van der Waals surface area contributed by atoms with E-state index < -0.39 is 0 Å². The fourth-order valence-electron chi connectivity index (χ4n) is 0.822. The topological polar surface area (TPSA) is 37.8 Å². The molecule has 0 aliphatic rings. The van der Waals surface area contributed by atoms with Crippen molar-refractivity contribution in [3.8, 4) is 0 Å². The number of nitrogens with zero attached hydrogens (tertiary/aromatic N) is 2. The minimum Gasteiger partial charge on any atom is -0.360 e. The van der Waals surface area contributed by atoms with Crippen molar-refractivity contribution in [1.82, 2.24) is 10.2 Å². The molecular formula is C9H17N3S2. The molecule has 0 aliphatic heterocycles. The van der Waals surface area contributed by atoms with Crippen LogP contribution < -0.4 is 5.32 Å². The van der Waals surface area contributed by atoms with Crippen LogP contribution >= 0.6 is 23.1 Å². The summed E-state index contributed by atoms with van der Waals surface area (Å²) in [6.45, 7) is 9.64. The summed E-state index contributed by atoms with van der Waals surface area (Å²) in [7, 11) is 0. The van der Waals surface area contributed by atoms with Gasteiger partial charge in [-0.05, 0) is 5.92 Å². The number of anilines is 1. The van der Waals surface area contributed by atoms with Crippen LogP contribution in [-0.4, -0.2) is 22.0 Å². The molecule has 0 amide bonds. The second-order valence-corrected chi connectivity index (χ2v) is 6.62. The molecule has 0 saturated carbocycles. The van der Waals surface area contributed by atoms with Crippen LogP contribution in [0.5, 0.6) is 0 Å². The van der Waals surface area contributed by atoms with Crippen LogP contribution in [0.15, 0.2) is 4.34 Å².